The monoisotopic (exact) mass is 284 g/mol. The number of imidazole rings is 1. The molecule has 0 unspecified atom stereocenters. The summed E-state index contributed by atoms with van der Waals surface area (Å²) in [4.78, 5) is 23.5. The first-order valence-corrected chi connectivity index (χ1v) is 6.10. The van der Waals surface area contributed by atoms with Crippen LogP contribution in [0.2, 0.25) is 0 Å². The van der Waals surface area contributed by atoms with E-state index in [0.717, 1.165) is 0 Å². The highest BCUT2D eigenvalue weighted by atomic mass is 16.4. The molecule has 0 spiro atoms. The molecule has 0 bridgehead atoms. The van der Waals surface area contributed by atoms with Crippen LogP contribution in [0.3, 0.4) is 0 Å². The maximum atomic E-state index is 11.3. The number of anilines is 2. The number of hydrogen-bond donors (Lipinski definition) is 3. The minimum Gasteiger partial charge on any atom is -0.478 e. The molecule has 0 aliphatic heterocycles. The van der Waals surface area contributed by atoms with E-state index in [4.69, 9.17) is 11.5 Å². The van der Waals surface area contributed by atoms with Crippen LogP contribution < -0.4 is 11.5 Å². The Morgan fingerprint density at radius 3 is 2.81 bits per heavy atom. The van der Waals surface area contributed by atoms with E-state index in [0.29, 0.717) is 16.7 Å². The lowest BCUT2D eigenvalue weighted by Gasteiger charge is -2.09. The summed E-state index contributed by atoms with van der Waals surface area (Å²) in [5.74, 6) is -0.786. The number of carboxylic acids is 1. The number of aromatic nitrogens is 4. The van der Waals surface area contributed by atoms with Crippen molar-refractivity contribution in [3.63, 3.8) is 0 Å². The van der Waals surface area contributed by atoms with E-state index in [9.17, 15) is 9.90 Å². The molecule has 0 fully saturated rings. The van der Waals surface area contributed by atoms with Crippen LogP contribution in [0.25, 0.3) is 11.2 Å². The third-order valence-electron chi connectivity index (χ3n) is 3.17. The van der Waals surface area contributed by atoms with Crippen molar-refractivity contribution in [1.29, 1.82) is 0 Å². The molecule has 2 heterocycles. The van der Waals surface area contributed by atoms with Crippen molar-refractivity contribution in [2.24, 2.45) is 0 Å². The Morgan fingerprint density at radius 2 is 2.05 bits per heavy atom. The number of carboxylic acid groups (broad SMARTS) is 1. The summed E-state index contributed by atoms with van der Waals surface area (Å²) in [6.07, 6.45) is 2.89. The fourth-order valence-electron chi connectivity index (χ4n) is 2.21. The number of nitrogens with two attached hydrogens (primary N) is 2. The van der Waals surface area contributed by atoms with Crippen molar-refractivity contribution in [3.05, 3.63) is 42.0 Å². The second kappa shape index (κ2) is 4.75. The molecule has 0 atom stereocenters. The molecule has 8 heteroatoms. The lowest BCUT2D eigenvalue weighted by Crippen LogP contribution is -2.10. The Balaban J connectivity index is 2.10. The van der Waals surface area contributed by atoms with Gasteiger partial charge in [-0.3, -0.25) is 0 Å². The van der Waals surface area contributed by atoms with Gasteiger partial charge in [-0.1, -0.05) is 12.1 Å². The van der Waals surface area contributed by atoms with Crippen molar-refractivity contribution in [2.45, 2.75) is 6.54 Å². The largest absolute Gasteiger partial charge is 0.478 e. The van der Waals surface area contributed by atoms with Gasteiger partial charge in [0.15, 0.2) is 11.5 Å². The van der Waals surface area contributed by atoms with E-state index >= 15 is 0 Å². The fraction of sp³-hybridized carbons (Fsp3) is 0.0769. The number of nitrogen functional groups attached to an aromatic ring is 2. The van der Waals surface area contributed by atoms with Gasteiger partial charge in [-0.05, 0) is 11.6 Å². The number of benzene rings is 1. The average Bonchev–Trinajstić information content (AvgIpc) is 2.83. The third kappa shape index (κ3) is 2.12. The molecule has 106 valence electrons. The Bertz CT molecular complexity index is 842. The third-order valence-corrected chi connectivity index (χ3v) is 3.17. The smallest absolute Gasteiger partial charge is 0.338 e. The van der Waals surface area contributed by atoms with Crippen LogP contribution in [0, 0.1) is 0 Å². The number of nitrogens with zero attached hydrogens (tertiary/aromatic N) is 4. The zero-order valence-corrected chi connectivity index (χ0v) is 10.9. The van der Waals surface area contributed by atoms with Gasteiger partial charge in [-0.15, -0.1) is 0 Å². The Hall–Kier alpha value is -3.16. The second-order valence-electron chi connectivity index (χ2n) is 4.49. The molecule has 5 N–H and O–H groups in total. The number of rotatable bonds is 3. The van der Waals surface area contributed by atoms with Crippen molar-refractivity contribution in [1.82, 2.24) is 19.5 Å². The van der Waals surface area contributed by atoms with Gasteiger partial charge in [0.1, 0.15) is 11.8 Å². The van der Waals surface area contributed by atoms with E-state index in [2.05, 4.69) is 15.0 Å². The predicted octanol–water partition coefficient (Wildman–Crippen LogP) is 0.737. The molecule has 0 amide bonds. The first kappa shape index (κ1) is 12.9. The maximum Gasteiger partial charge on any atom is 0.338 e. The molecule has 1 aromatic carbocycles. The molecule has 3 aromatic rings. The molecule has 8 nitrogen and oxygen atoms in total. The van der Waals surface area contributed by atoms with Gasteiger partial charge in [-0.25, -0.2) is 19.7 Å². The predicted molar refractivity (Wildman–Crippen MR) is 76.7 cm³/mol. The summed E-state index contributed by atoms with van der Waals surface area (Å²) in [7, 11) is 0. The molecule has 0 radical (unpaired) electrons. The second-order valence-corrected chi connectivity index (χ2v) is 4.49. The SMILES string of the molecule is Nc1cccc(Cn2cnc3c(N)ncnc32)c1C(=O)O. The minimum atomic E-state index is -1.07. The highest BCUT2D eigenvalue weighted by Gasteiger charge is 2.15. The summed E-state index contributed by atoms with van der Waals surface area (Å²) in [6, 6.07) is 4.97. The quantitative estimate of drug-likeness (QED) is 0.604. The van der Waals surface area contributed by atoms with Gasteiger partial charge in [0, 0.05) is 5.69 Å². The Kier molecular flexibility index (Phi) is 2.90. The van der Waals surface area contributed by atoms with Gasteiger partial charge in [0.05, 0.1) is 18.4 Å². The van der Waals surface area contributed by atoms with E-state index in [1.807, 2.05) is 0 Å². The van der Waals surface area contributed by atoms with Gasteiger partial charge < -0.3 is 21.1 Å². The molecular weight excluding hydrogens is 272 g/mol. The first-order valence-electron chi connectivity index (χ1n) is 6.10. The minimum absolute atomic E-state index is 0.0846. The van der Waals surface area contributed by atoms with Gasteiger partial charge in [-0.2, -0.15) is 0 Å². The molecule has 0 saturated heterocycles. The number of aromatic carboxylic acids is 1. The molecule has 0 saturated carbocycles. The van der Waals surface area contributed by atoms with Gasteiger partial charge in [0.2, 0.25) is 0 Å². The van der Waals surface area contributed by atoms with Crippen LogP contribution in [-0.4, -0.2) is 30.6 Å². The van der Waals surface area contributed by atoms with Crippen LogP contribution in [0.4, 0.5) is 11.5 Å². The maximum absolute atomic E-state index is 11.3. The van der Waals surface area contributed by atoms with E-state index in [-0.39, 0.29) is 23.6 Å². The van der Waals surface area contributed by atoms with Gasteiger partial charge >= 0.3 is 5.97 Å². The molecule has 2 aromatic heterocycles. The molecular formula is C13H12N6O2. The van der Waals surface area contributed by atoms with Gasteiger partial charge in [0.25, 0.3) is 0 Å². The van der Waals surface area contributed by atoms with Crippen molar-refractivity contribution >= 4 is 28.6 Å². The highest BCUT2D eigenvalue weighted by Crippen LogP contribution is 2.21. The van der Waals surface area contributed by atoms with Crippen LogP contribution >= 0.6 is 0 Å². The van der Waals surface area contributed by atoms with E-state index in [1.165, 1.54) is 6.33 Å². The summed E-state index contributed by atoms with van der Waals surface area (Å²) in [5.41, 5.74) is 13.4. The Labute approximate surface area is 119 Å². The average molecular weight is 284 g/mol. The van der Waals surface area contributed by atoms with Crippen molar-refractivity contribution in [2.75, 3.05) is 11.5 Å². The lowest BCUT2D eigenvalue weighted by molar-refractivity contribution is 0.0697. The summed E-state index contributed by atoms with van der Waals surface area (Å²) in [6.45, 7) is 0.277. The van der Waals surface area contributed by atoms with E-state index < -0.39 is 5.97 Å². The topological polar surface area (TPSA) is 133 Å². The lowest BCUT2D eigenvalue weighted by atomic mass is 10.1. The van der Waals surface area contributed by atoms with Crippen LogP contribution in [-0.2, 0) is 6.54 Å². The molecule has 0 aliphatic carbocycles. The number of hydrogen-bond acceptors (Lipinski definition) is 6. The van der Waals surface area contributed by atoms with Crippen LogP contribution in [0.1, 0.15) is 15.9 Å². The zero-order chi connectivity index (χ0) is 15.0. The normalized spacial score (nSPS) is 10.9. The fourth-order valence-corrected chi connectivity index (χ4v) is 2.21. The van der Waals surface area contributed by atoms with E-state index in [1.54, 1.807) is 29.1 Å². The number of carbonyl (C=O) groups is 1. The van der Waals surface area contributed by atoms with Crippen LogP contribution in [0.5, 0.6) is 0 Å². The number of fused-ring (bicyclic) bond motifs is 1. The highest BCUT2D eigenvalue weighted by molar-refractivity contribution is 5.95. The summed E-state index contributed by atoms with van der Waals surface area (Å²) >= 11 is 0. The molecule has 3 rings (SSSR count). The van der Waals surface area contributed by atoms with Crippen LogP contribution in [0.15, 0.2) is 30.9 Å². The first-order chi connectivity index (χ1) is 10.1. The van der Waals surface area contributed by atoms with Crippen molar-refractivity contribution < 1.29 is 9.90 Å². The summed E-state index contributed by atoms with van der Waals surface area (Å²) < 4.78 is 1.70. The Morgan fingerprint density at radius 1 is 1.24 bits per heavy atom. The standard InChI is InChI=1S/C13H12N6O2/c14-8-3-1-2-7(9(8)13(20)21)4-19-6-18-10-11(15)16-5-17-12(10)19/h1-3,5-6H,4,14H2,(H,20,21)(H2,15,16,17). The van der Waals surface area contributed by atoms with Crippen molar-refractivity contribution in [3.8, 4) is 0 Å². The summed E-state index contributed by atoms with van der Waals surface area (Å²) in [5, 5.41) is 9.28. The zero-order valence-electron chi connectivity index (χ0n) is 10.9. The molecule has 21 heavy (non-hydrogen) atoms. The molecule has 0 aliphatic rings.